The standard InChI is InChI=1S/C14H23N3O2S2/c1-3-15-14-12(6-5-7-16-14)10-17-8-9-20-11-13(17)21(18,19)4-2/h5-7,13H,3-4,8-11H2,1-2H3,(H,15,16). The molecule has 1 N–H and O–H groups in total. The van der Waals surface area contributed by atoms with Crippen molar-refractivity contribution in [1.29, 1.82) is 0 Å². The van der Waals surface area contributed by atoms with Gasteiger partial charge in [-0.3, -0.25) is 4.90 Å². The number of thioether (sulfide) groups is 1. The molecule has 0 saturated carbocycles. The molecule has 5 nitrogen and oxygen atoms in total. The molecule has 1 aromatic heterocycles. The molecule has 1 aliphatic heterocycles. The third kappa shape index (κ3) is 4.11. The molecule has 1 fully saturated rings. The van der Waals surface area contributed by atoms with Crippen LogP contribution in [0.25, 0.3) is 0 Å². The van der Waals surface area contributed by atoms with Gasteiger partial charge in [-0.25, -0.2) is 13.4 Å². The van der Waals surface area contributed by atoms with Gasteiger partial charge in [-0.05, 0) is 13.0 Å². The summed E-state index contributed by atoms with van der Waals surface area (Å²) in [5, 5.41) is 2.86. The summed E-state index contributed by atoms with van der Waals surface area (Å²) in [5.41, 5.74) is 1.06. The van der Waals surface area contributed by atoms with Gasteiger partial charge in [-0.15, -0.1) is 0 Å². The lowest BCUT2D eigenvalue weighted by Gasteiger charge is -2.34. The lowest BCUT2D eigenvalue weighted by atomic mass is 10.2. The first-order valence-corrected chi connectivity index (χ1v) is 10.2. The molecule has 1 saturated heterocycles. The molecule has 21 heavy (non-hydrogen) atoms. The van der Waals surface area contributed by atoms with Gasteiger partial charge in [0.25, 0.3) is 0 Å². The third-order valence-electron chi connectivity index (χ3n) is 3.62. The maximum absolute atomic E-state index is 12.3. The zero-order chi connectivity index (χ0) is 15.3. The predicted octanol–water partition coefficient (Wildman–Crippen LogP) is 1.82. The number of pyridine rings is 1. The van der Waals surface area contributed by atoms with Crippen LogP contribution in [0.1, 0.15) is 19.4 Å². The number of hydrogen-bond donors (Lipinski definition) is 1. The first kappa shape index (κ1) is 16.6. The summed E-state index contributed by atoms with van der Waals surface area (Å²) < 4.78 is 24.6. The first-order valence-electron chi connectivity index (χ1n) is 7.29. The SMILES string of the molecule is CCNc1ncccc1CN1CCSCC1S(=O)(=O)CC. The smallest absolute Gasteiger partial charge is 0.166 e. The van der Waals surface area contributed by atoms with Gasteiger partial charge in [0.1, 0.15) is 11.2 Å². The Labute approximate surface area is 131 Å². The number of rotatable bonds is 6. The minimum absolute atomic E-state index is 0.196. The Morgan fingerprint density at radius 1 is 1.48 bits per heavy atom. The molecule has 7 heteroatoms. The Hall–Kier alpha value is -0.790. The fourth-order valence-corrected chi connectivity index (χ4v) is 5.51. The van der Waals surface area contributed by atoms with Crippen molar-refractivity contribution in [3.05, 3.63) is 23.9 Å². The number of hydrogen-bond acceptors (Lipinski definition) is 6. The highest BCUT2D eigenvalue weighted by atomic mass is 32.2. The van der Waals surface area contributed by atoms with Crippen molar-refractivity contribution in [1.82, 2.24) is 9.88 Å². The number of nitrogens with one attached hydrogen (secondary N) is 1. The summed E-state index contributed by atoms with van der Waals surface area (Å²) in [7, 11) is -3.05. The van der Waals surface area contributed by atoms with Gasteiger partial charge >= 0.3 is 0 Å². The van der Waals surface area contributed by atoms with Crippen LogP contribution in [0.5, 0.6) is 0 Å². The monoisotopic (exact) mass is 329 g/mol. The van der Waals surface area contributed by atoms with Crippen molar-refractivity contribution in [2.24, 2.45) is 0 Å². The van der Waals surface area contributed by atoms with Crippen LogP contribution in [0.2, 0.25) is 0 Å². The van der Waals surface area contributed by atoms with Crippen molar-refractivity contribution < 1.29 is 8.42 Å². The van der Waals surface area contributed by atoms with Crippen LogP contribution in [-0.2, 0) is 16.4 Å². The molecule has 2 heterocycles. The average Bonchev–Trinajstić information content (AvgIpc) is 2.50. The van der Waals surface area contributed by atoms with Gasteiger partial charge in [-0.2, -0.15) is 11.8 Å². The van der Waals surface area contributed by atoms with Crippen LogP contribution in [0, 0.1) is 0 Å². The zero-order valence-corrected chi connectivity index (χ0v) is 14.2. The molecule has 0 spiro atoms. The number of nitrogens with zero attached hydrogens (tertiary/aromatic N) is 2. The van der Waals surface area contributed by atoms with E-state index in [0.29, 0.717) is 12.3 Å². The van der Waals surface area contributed by atoms with E-state index in [1.165, 1.54) is 0 Å². The third-order valence-corrected chi connectivity index (χ3v) is 6.95. The summed E-state index contributed by atoms with van der Waals surface area (Å²) in [6.07, 6.45) is 1.76. The second-order valence-electron chi connectivity index (χ2n) is 4.99. The summed E-state index contributed by atoms with van der Waals surface area (Å²) in [5.74, 6) is 2.69. The Morgan fingerprint density at radius 3 is 3.00 bits per heavy atom. The van der Waals surface area contributed by atoms with Crippen molar-refractivity contribution in [2.75, 3.05) is 35.7 Å². The van der Waals surface area contributed by atoms with Crippen molar-refractivity contribution in [3.8, 4) is 0 Å². The molecule has 0 aliphatic carbocycles. The van der Waals surface area contributed by atoms with Gasteiger partial charge in [0.05, 0.1) is 0 Å². The van der Waals surface area contributed by atoms with E-state index in [1.54, 1.807) is 24.9 Å². The highest BCUT2D eigenvalue weighted by molar-refractivity contribution is 8.01. The topological polar surface area (TPSA) is 62.3 Å². The fourth-order valence-electron chi connectivity index (χ4n) is 2.43. The van der Waals surface area contributed by atoms with E-state index in [1.807, 2.05) is 19.1 Å². The highest BCUT2D eigenvalue weighted by Gasteiger charge is 2.33. The highest BCUT2D eigenvalue weighted by Crippen LogP contribution is 2.25. The quantitative estimate of drug-likeness (QED) is 0.859. The van der Waals surface area contributed by atoms with Crippen LogP contribution >= 0.6 is 11.8 Å². The number of aromatic nitrogens is 1. The molecular weight excluding hydrogens is 306 g/mol. The molecule has 118 valence electrons. The van der Waals surface area contributed by atoms with Crippen molar-refractivity contribution >= 4 is 27.4 Å². The summed E-state index contributed by atoms with van der Waals surface area (Å²) in [6, 6.07) is 3.92. The van der Waals surface area contributed by atoms with E-state index >= 15 is 0 Å². The molecule has 1 aromatic rings. The van der Waals surface area contributed by atoms with Crippen molar-refractivity contribution in [2.45, 2.75) is 25.8 Å². The lowest BCUT2D eigenvalue weighted by Crippen LogP contribution is -2.47. The molecule has 0 aromatic carbocycles. The molecule has 0 amide bonds. The Kier molecular flexibility index (Phi) is 5.89. The predicted molar refractivity (Wildman–Crippen MR) is 89.4 cm³/mol. The minimum atomic E-state index is -3.05. The van der Waals surface area contributed by atoms with E-state index in [0.717, 1.165) is 30.2 Å². The minimum Gasteiger partial charge on any atom is -0.370 e. The second-order valence-corrected chi connectivity index (χ2v) is 8.59. The van der Waals surface area contributed by atoms with Crippen LogP contribution in [0.15, 0.2) is 18.3 Å². The van der Waals surface area contributed by atoms with E-state index in [-0.39, 0.29) is 11.1 Å². The Balaban J connectivity index is 2.20. The maximum atomic E-state index is 12.3. The molecule has 0 bridgehead atoms. The maximum Gasteiger partial charge on any atom is 0.166 e. The first-order chi connectivity index (χ1) is 10.1. The normalized spacial score (nSPS) is 20.4. The van der Waals surface area contributed by atoms with Crippen LogP contribution in [0.3, 0.4) is 0 Å². The second kappa shape index (κ2) is 7.47. The van der Waals surface area contributed by atoms with E-state index in [2.05, 4.69) is 15.2 Å². The van der Waals surface area contributed by atoms with Gasteiger partial charge in [0.15, 0.2) is 9.84 Å². The fraction of sp³-hybridized carbons (Fsp3) is 0.643. The van der Waals surface area contributed by atoms with E-state index < -0.39 is 9.84 Å². The zero-order valence-electron chi connectivity index (χ0n) is 12.6. The summed E-state index contributed by atoms with van der Waals surface area (Å²) >= 11 is 1.72. The number of sulfone groups is 1. The van der Waals surface area contributed by atoms with Crippen LogP contribution in [-0.4, -0.2) is 54.0 Å². The number of anilines is 1. The molecule has 2 rings (SSSR count). The Bertz CT molecular complexity index is 563. The largest absolute Gasteiger partial charge is 0.370 e. The summed E-state index contributed by atoms with van der Waals surface area (Å²) in [6.45, 7) is 5.98. The Morgan fingerprint density at radius 2 is 2.29 bits per heavy atom. The van der Waals surface area contributed by atoms with E-state index in [4.69, 9.17) is 0 Å². The lowest BCUT2D eigenvalue weighted by molar-refractivity contribution is 0.262. The molecule has 1 atom stereocenters. The average molecular weight is 329 g/mol. The summed E-state index contributed by atoms with van der Waals surface area (Å²) in [4.78, 5) is 6.43. The van der Waals surface area contributed by atoms with Gasteiger partial charge in [0.2, 0.25) is 0 Å². The molecule has 1 aliphatic rings. The van der Waals surface area contributed by atoms with Crippen LogP contribution < -0.4 is 5.32 Å². The van der Waals surface area contributed by atoms with Crippen molar-refractivity contribution in [3.63, 3.8) is 0 Å². The molecular formula is C14H23N3O2S2. The van der Waals surface area contributed by atoms with Gasteiger partial charge in [-0.1, -0.05) is 13.0 Å². The van der Waals surface area contributed by atoms with E-state index in [9.17, 15) is 8.42 Å². The van der Waals surface area contributed by atoms with Gasteiger partial charge in [0, 0.05) is 48.7 Å². The molecule has 1 unspecified atom stereocenters. The van der Waals surface area contributed by atoms with Crippen LogP contribution in [0.4, 0.5) is 5.82 Å². The molecule has 0 radical (unpaired) electrons. The van der Waals surface area contributed by atoms with Gasteiger partial charge < -0.3 is 5.32 Å².